The summed E-state index contributed by atoms with van der Waals surface area (Å²) in [5.41, 5.74) is 0.406. The summed E-state index contributed by atoms with van der Waals surface area (Å²) in [6.45, 7) is 0.366. The van der Waals surface area contributed by atoms with Crippen molar-refractivity contribution in [3.63, 3.8) is 0 Å². The van der Waals surface area contributed by atoms with Gasteiger partial charge >= 0.3 is 6.18 Å². The molecule has 7 nitrogen and oxygen atoms in total. The Morgan fingerprint density at radius 2 is 1.66 bits per heavy atom. The molecule has 0 aromatic heterocycles. The van der Waals surface area contributed by atoms with Crippen LogP contribution in [0.5, 0.6) is 5.75 Å². The lowest BCUT2D eigenvalue weighted by atomic mass is 10.1. The first kappa shape index (κ1) is 25.9. The minimum atomic E-state index is -4.46. The normalized spacial score (nSPS) is 18.2. The largest absolute Gasteiger partial charge is 0.492 e. The number of halogens is 3. The van der Waals surface area contributed by atoms with Crippen molar-refractivity contribution in [2.24, 2.45) is 0 Å². The monoisotopic (exact) mass is 544 g/mol. The summed E-state index contributed by atoms with van der Waals surface area (Å²) in [6, 6.07) is 16.9. The molecule has 0 bridgehead atoms. The second kappa shape index (κ2) is 9.88. The van der Waals surface area contributed by atoms with Crippen LogP contribution in [0.4, 0.5) is 18.9 Å². The number of nitrogens with zero attached hydrogens (tertiary/aromatic N) is 2. The molecule has 2 heterocycles. The Morgan fingerprint density at radius 3 is 2.34 bits per heavy atom. The van der Waals surface area contributed by atoms with E-state index in [1.54, 1.807) is 0 Å². The second-order valence-corrected chi connectivity index (χ2v) is 11.0. The second-order valence-electron chi connectivity index (χ2n) is 9.13. The van der Waals surface area contributed by atoms with Gasteiger partial charge in [-0.25, -0.2) is 8.42 Å². The molecule has 1 atom stereocenters. The molecule has 0 unspecified atom stereocenters. The smallest absolute Gasteiger partial charge is 0.416 e. The van der Waals surface area contributed by atoms with Crippen LogP contribution in [0.25, 0.3) is 0 Å². The van der Waals surface area contributed by atoms with E-state index in [0.717, 1.165) is 17.7 Å². The number of carbonyl (C=O) groups is 2. The summed E-state index contributed by atoms with van der Waals surface area (Å²) in [5, 5.41) is 0. The summed E-state index contributed by atoms with van der Waals surface area (Å²) >= 11 is 0. The highest BCUT2D eigenvalue weighted by atomic mass is 32.2. The molecule has 0 N–H and O–H groups in total. The van der Waals surface area contributed by atoms with Crippen LogP contribution in [0.1, 0.15) is 34.3 Å². The molecule has 1 fully saturated rings. The molecular formula is C27H23F3N2O5S. The van der Waals surface area contributed by atoms with Crippen LogP contribution in [-0.4, -0.2) is 43.6 Å². The van der Waals surface area contributed by atoms with E-state index in [1.807, 2.05) is 30.3 Å². The van der Waals surface area contributed by atoms with E-state index in [1.165, 1.54) is 39.5 Å². The number of carbonyl (C=O) groups excluding carboxylic acids is 2. The maximum absolute atomic E-state index is 13.5. The van der Waals surface area contributed by atoms with Crippen molar-refractivity contribution >= 4 is 27.4 Å². The predicted molar refractivity (Wildman–Crippen MR) is 132 cm³/mol. The summed E-state index contributed by atoms with van der Waals surface area (Å²) in [7, 11) is -4.03. The fourth-order valence-corrected chi connectivity index (χ4v) is 6.43. The molecule has 0 aliphatic carbocycles. The van der Waals surface area contributed by atoms with E-state index in [0.29, 0.717) is 18.5 Å². The number of rotatable bonds is 7. The zero-order chi connectivity index (χ0) is 27.1. The van der Waals surface area contributed by atoms with E-state index in [9.17, 15) is 31.2 Å². The molecule has 198 valence electrons. The van der Waals surface area contributed by atoms with Gasteiger partial charge in [-0.05, 0) is 60.9 Å². The summed E-state index contributed by atoms with van der Waals surface area (Å²) in [4.78, 5) is 26.6. The molecule has 38 heavy (non-hydrogen) atoms. The Bertz CT molecular complexity index is 1470. The topological polar surface area (TPSA) is 84.0 Å². The van der Waals surface area contributed by atoms with Crippen molar-refractivity contribution < 1.29 is 35.9 Å². The van der Waals surface area contributed by atoms with Crippen molar-refractivity contribution in [3.8, 4) is 5.75 Å². The summed E-state index contributed by atoms with van der Waals surface area (Å²) in [6.07, 6.45) is -3.38. The third-order valence-corrected chi connectivity index (χ3v) is 8.63. The molecular weight excluding hydrogens is 521 g/mol. The molecule has 1 saturated heterocycles. The molecule has 3 aromatic rings. The quantitative estimate of drug-likeness (QED) is 0.404. The van der Waals surface area contributed by atoms with Gasteiger partial charge < -0.3 is 9.64 Å². The maximum atomic E-state index is 13.5. The first-order valence-corrected chi connectivity index (χ1v) is 13.4. The first-order valence-electron chi connectivity index (χ1n) is 11.9. The number of benzene rings is 3. The van der Waals surface area contributed by atoms with Crippen LogP contribution in [0.2, 0.25) is 0 Å². The number of ether oxygens (including phenoxy) is 1. The third kappa shape index (κ3) is 4.91. The Morgan fingerprint density at radius 1 is 0.947 bits per heavy atom. The van der Waals surface area contributed by atoms with E-state index >= 15 is 0 Å². The standard InChI is InChI=1S/C27H23F3N2O5S/c28-27(29,30)19-8-10-21(11-9-19)37-17-20-7-4-14-32(20)38(35,36)22-12-13-24-23(15-22)25(33)26(34)31(24)16-18-5-2-1-3-6-18/h1-3,5-6,8-13,15,20H,4,7,14,16-17H2/t20-/m0/s1. The Hall–Kier alpha value is -3.70. The molecule has 0 spiro atoms. The van der Waals surface area contributed by atoms with Crippen molar-refractivity contribution in [1.29, 1.82) is 0 Å². The molecule has 0 radical (unpaired) electrons. The van der Waals surface area contributed by atoms with Gasteiger partial charge in [-0.15, -0.1) is 0 Å². The van der Waals surface area contributed by atoms with Crippen molar-refractivity contribution in [2.75, 3.05) is 18.1 Å². The molecule has 3 aromatic carbocycles. The lowest BCUT2D eigenvalue weighted by Crippen LogP contribution is -2.39. The highest BCUT2D eigenvalue weighted by Gasteiger charge is 2.40. The molecule has 2 aliphatic heterocycles. The Balaban J connectivity index is 1.33. The number of hydrogen-bond donors (Lipinski definition) is 0. The van der Waals surface area contributed by atoms with Gasteiger partial charge in [0.1, 0.15) is 12.4 Å². The van der Waals surface area contributed by atoms with Crippen molar-refractivity contribution in [1.82, 2.24) is 4.31 Å². The molecule has 5 rings (SSSR count). The zero-order valence-electron chi connectivity index (χ0n) is 20.0. The highest BCUT2D eigenvalue weighted by molar-refractivity contribution is 7.89. The first-order chi connectivity index (χ1) is 18.1. The number of fused-ring (bicyclic) bond motifs is 1. The third-order valence-electron chi connectivity index (χ3n) is 6.68. The fourth-order valence-electron chi connectivity index (χ4n) is 4.72. The minimum absolute atomic E-state index is 0.0313. The number of alkyl halides is 3. The number of anilines is 1. The SMILES string of the molecule is O=C1C(=O)N(Cc2ccccc2)c2ccc(S(=O)(=O)N3CCC[C@H]3COc3ccc(C(F)(F)F)cc3)cc21. The molecule has 2 aliphatic rings. The van der Waals surface area contributed by atoms with Crippen LogP contribution in [0, 0.1) is 0 Å². The average molecular weight is 545 g/mol. The van der Waals surface area contributed by atoms with Crippen molar-refractivity contribution in [2.45, 2.75) is 36.5 Å². The van der Waals surface area contributed by atoms with E-state index in [2.05, 4.69) is 0 Å². The molecule has 11 heteroatoms. The van der Waals surface area contributed by atoms with Gasteiger partial charge in [-0.3, -0.25) is 9.59 Å². The lowest BCUT2D eigenvalue weighted by molar-refractivity contribution is -0.137. The van der Waals surface area contributed by atoms with Crippen LogP contribution < -0.4 is 9.64 Å². The average Bonchev–Trinajstić information content (AvgIpc) is 3.47. The van der Waals surface area contributed by atoms with E-state index < -0.39 is 39.5 Å². The number of Topliss-reactive ketones (excluding diaryl/α,β-unsaturated/α-hetero) is 1. The predicted octanol–water partition coefficient (Wildman–Crippen LogP) is 4.67. The van der Waals surface area contributed by atoms with Gasteiger partial charge in [0.2, 0.25) is 10.0 Å². The van der Waals surface area contributed by atoms with Crippen LogP contribution >= 0.6 is 0 Å². The van der Waals surface area contributed by atoms with E-state index in [4.69, 9.17) is 4.74 Å². The van der Waals surface area contributed by atoms with Gasteiger partial charge in [-0.2, -0.15) is 17.5 Å². The van der Waals surface area contributed by atoms with Crippen LogP contribution in [-0.2, 0) is 27.5 Å². The minimum Gasteiger partial charge on any atom is -0.492 e. The van der Waals surface area contributed by atoms with Crippen LogP contribution in [0.3, 0.4) is 0 Å². The fraction of sp³-hybridized carbons (Fsp3) is 0.259. The van der Waals surface area contributed by atoms with Gasteiger partial charge in [0.05, 0.1) is 34.3 Å². The highest BCUT2D eigenvalue weighted by Crippen LogP contribution is 2.35. The van der Waals surface area contributed by atoms with E-state index in [-0.39, 0.29) is 35.9 Å². The number of sulfonamides is 1. The van der Waals surface area contributed by atoms with Gasteiger partial charge in [-0.1, -0.05) is 30.3 Å². The lowest BCUT2D eigenvalue weighted by Gasteiger charge is -2.24. The maximum Gasteiger partial charge on any atom is 0.416 e. The summed E-state index contributed by atoms with van der Waals surface area (Å²) in [5.74, 6) is -1.29. The van der Waals surface area contributed by atoms with Gasteiger partial charge in [0.25, 0.3) is 11.7 Å². The zero-order valence-corrected chi connectivity index (χ0v) is 20.8. The number of hydrogen-bond acceptors (Lipinski definition) is 5. The molecule has 0 saturated carbocycles. The Labute approximate surface area is 217 Å². The van der Waals surface area contributed by atoms with Crippen LogP contribution in [0.15, 0.2) is 77.7 Å². The van der Waals surface area contributed by atoms with Gasteiger partial charge in [0, 0.05) is 6.54 Å². The molecule has 1 amide bonds. The Kier molecular flexibility index (Phi) is 6.74. The number of ketones is 1. The summed E-state index contributed by atoms with van der Waals surface area (Å²) < 4.78 is 72.3. The number of amides is 1. The van der Waals surface area contributed by atoms with Crippen molar-refractivity contribution in [3.05, 3.63) is 89.5 Å². The van der Waals surface area contributed by atoms with Gasteiger partial charge in [0.15, 0.2) is 0 Å².